The maximum atomic E-state index is 13.1. The van der Waals surface area contributed by atoms with Gasteiger partial charge in [-0.05, 0) is 35.7 Å². The fourth-order valence-corrected chi connectivity index (χ4v) is 2.48. The van der Waals surface area contributed by atoms with Crippen molar-refractivity contribution in [2.24, 2.45) is 5.92 Å². The molecule has 140 valence electrons. The Labute approximate surface area is 156 Å². The molecule has 0 fully saturated rings. The molecule has 1 atom stereocenters. The number of ether oxygens (including phenoxy) is 1. The highest BCUT2D eigenvalue weighted by molar-refractivity contribution is 5.67. The summed E-state index contributed by atoms with van der Waals surface area (Å²) in [6.07, 6.45) is -0.570. The average Bonchev–Trinajstić information content (AvgIpc) is 3.15. The van der Waals surface area contributed by atoms with Gasteiger partial charge in [-0.15, -0.1) is 0 Å². The first kappa shape index (κ1) is 18.6. The highest BCUT2D eigenvalue weighted by Crippen LogP contribution is 2.24. The number of nitrogens with one attached hydrogen (secondary N) is 1. The Morgan fingerprint density at radius 2 is 1.85 bits per heavy atom. The Morgan fingerprint density at radius 1 is 1.15 bits per heavy atom. The van der Waals surface area contributed by atoms with Gasteiger partial charge in [0.1, 0.15) is 18.5 Å². The Kier molecular flexibility index (Phi) is 5.80. The van der Waals surface area contributed by atoms with Crippen molar-refractivity contribution in [2.45, 2.75) is 26.5 Å². The first-order chi connectivity index (χ1) is 13.0. The zero-order chi connectivity index (χ0) is 19.2. The van der Waals surface area contributed by atoms with E-state index in [4.69, 9.17) is 9.26 Å². The maximum Gasteiger partial charge on any atom is 0.408 e. The fraction of sp³-hybridized carbons (Fsp3) is 0.250. The van der Waals surface area contributed by atoms with Gasteiger partial charge in [0, 0.05) is 5.56 Å². The molecule has 2 aromatic carbocycles. The van der Waals surface area contributed by atoms with Crippen LogP contribution in [0, 0.1) is 11.7 Å². The van der Waals surface area contributed by atoms with E-state index in [2.05, 4.69) is 15.5 Å². The number of halogens is 1. The first-order valence-electron chi connectivity index (χ1n) is 8.59. The minimum atomic E-state index is -0.570. The molecule has 0 bridgehead atoms. The smallest absolute Gasteiger partial charge is 0.408 e. The summed E-state index contributed by atoms with van der Waals surface area (Å²) in [5.41, 5.74) is 1.52. The van der Waals surface area contributed by atoms with E-state index >= 15 is 0 Å². The highest BCUT2D eigenvalue weighted by Gasteiger charge is 2.25. The summed E-state index contributed by atoms with van der Waals surface area (Å²) in [7, 11) is 0. The lowest BCUT2D eigenvalue weighted by atomic mass is 10.0. The average molecular weight is 369 g/mol. The van der Waals surface area contributed by atoms with Crippen molar-refractivity contribution in [3.63, 3.8) is 0 Å². The van der Waals surface area contributed by atoms with E-state index in [0.29, 0.717) is 11.4 Å². The van der Waals surface area contributed by atoms with Gasteiger partial charge in [0.05, 0.1) is 0 Å². The normalized spacial score (nSPS) is 12.0. The largest absolute Gasteiger partial charge is 0.445 e. The van der Waals surface area contributed by atoms with Crippen LogP contribution in [0.15, 0.2) is 59.1 Å². The summed E-state index contributed by atoms with van der Waals surface area (Å²) < 4.78 is 23.6. The van der Waals surface area contributed by atoms with Crippen molar-refractivity contribution in [3.8, 4) is 11.4 Å². The number of benzene rings is 2. The Balaban J connectivity index is 1.66. The number of carbonyl (C=O) groups is 1. The van der Waals surface area contributed by atoms with Gasteiger partial charge < -0.3 is 14.6 Å². The molecule has 27 heavy (non-hydrogen) atoms. The second kappa shape index (κ2) is 8.44. The number of carbonyl (C=O) groups excluding carboxylic acids is 1. The Morgan fingerprint density at radius 3 is 2.52 bits per heavy atom. The molecular weight excluding hydrogens is 349 g/mol. The zero-order valence-electron chi connectivity index (χ0n) is 15.1. The maximum absolute atomic E-state index is 13.1. The van der Waals surface area contributed by atoms with E-state index < -0.39 is 12.1 Å². The monoisotopic (exact) mass is 369 g/mol. The summed E-state index contributed by atoms with van der Waals surface area (Å²) in [5, 5.41) is 6.68. The lowest BCUT2D eigenvalue weighted by Gasteiger charge is -2.18. The van der Waals surface area contributed by atoms with Crippen molar-refractivity contribution in [2.75, 3.05) is 0 Å². The predicted molar refractivity (Wildman–Crippen MR) is 97.0 cm³/mol. The van der Waals surface area contributed by atoms with Gasteiger partial charge in [0.15, 0.2) is 0 Å². The second-order valence-electron chi connectivity index (χ2n) is 6.39. The van der Waals surface area contributed by atoms with Crippen LogP contribution in [-0.4, -0.2) is 16.2 Å². The molecule has 1 unspecified atom stereocenters. The topological polar surface area (TPSA) is 77.2 Å². The Hall–Kier alpha value is -3.22. The molecule has 3 rings (SSSR count). The van der Waals surface area contributed by atoms with Crippen LogP contribution in [0.4, 0.5) is 9.18 Å². The standard InChI is InChI=1S/C20H20FN3O3/c1-13(2)17(22-20(25)26-12-14-6-4-3-5-7-14)19-23-18(24-27-19)15-8-10-16(21)11-9-15/h3-11,13,17H,12H2,1-2H3,(H,22,25). The van der Waals surface area contributed by atoms with Gasteiger partial charge in [-0.2, -0.15) is 4.98 Å². The van der Waals surface area contributed by atoms with Crippen LogP contribution in [0.5, 0.6) is 0 Å². The molecule has 0 aliphatic rings. The van der Waals surface area contributed by atoms with Crippen LogP contribution < -0.4 is 5.32 Å². The van der Waals surface area contributed by atoms with Gasteiger partial charge in [0.2, 0.25) is 11.7 Å². The molecule has 0 saturated heterocycles. The summed E-state index contributed by atoms with van der Waals surface area (Å²) in [6, 6.07) is 14.7. The van der Waals surface area contributed by atoms with Crippen molar-refractivity contribution in [3.05, 3.63) is 71.9 Å². The fourth-order valence-electron chi connectivity index (χ4n) is 2.48. The molecule has 6 nitrogen and oxygen atoms in total. The molecule has 1 amide bonds. The first-order valence-corrected chi connectivity index (χ1v) is 8.59. The molecule has 0 aliphatic carbocycles. The molecule has 1 aromatic heterocycles. The van der Waals surface area contributed by atoms with Crippen molar-refractivity contribution in [1.82, 2.24) is 15.5 Å². The van der Waals surface area contributed by atoms with Crippen molar-refractivity contribution < 1.29 is 18.4 Å². The number of hydrogen-bond acceptors (Lipinski definition) is 5. The third kappa shape index (κ3) is 4.91. The predicted octanol–water partition coefficient (Wildman–Crippen LogP) is 4.50. The summed E-state index contributed by atoms with van der Waals surface area (Å²) >= 11 is 0. The van der Waals surface area contributed by atoms with Gasteiger partial charge in [-0.25, -0.2) is 9.18 Å². The van der Waals surface area contributed by atoms with Gasteiger partial charge in [-0.1, -0.05) is 49.3 Å². The number of rotatable bonds is 6. The van der Waals surface area contributed by atoms with Crippen molar-refractivity contribution in [1.29, 1.82) is 0 Å². The summed E-state index contributed by atoms with van der Waals surface area (Å²) in [6.45, 7) is 4.01. The van der Waals surface area contributed by atoms with Crippen LogP contribution >= 0.6 is 0 Å². The van der Waals surface area contributed by atoms with Gasteiger partial charge in [-0.3, -0.25) is 0 Å². The molecule has 1 heterocycles. The highest BCUT2D eigenvalue weighted by atomic mass is 19.1. The molecule has 0 saturated carbocycles. The molecule has 0 aliphatic heterocycles. The minimum Gasteiger partial charge on any atom is -0.445 e. The van der Waals surface area contributed by atoms with Crippen LogP contribution in [0.2, 0.25) is 0 Å². The summed E-state index contributed by atoms with van der Waals surface area (Å²) in [5.74, 6) is 0.247. The van der Waals surface area contributed by atoms with E-state index in [0.717, 1.165) is 5.56 Å². The van der Waals surface area contributed by atoms with E-state index in [-0.39, 0.29) is 24.2 Å². The van der Waals surface area contributed by atoms with Gasteiger partial charge >= 0.3 is 6.09 Å². The summed E-state index contributed by atoms with van der Waals surface area (Å²) in [4.78, 5) is 16.5. The lowest BCUT2D eigenvalue weighted by Crippen LogP contribution is -2.32. The SMILES string of the molecule is CC(C)C(NC(=O)OCc1ccccc1)c1nc(-c2ccc(F)cc2)no1. The van der Waals surface area contributed by atoms with Crippen LogP contribution in [0.1, 0.15) is 31.3 Å². The van der Waals surface area contributed by atoms with Crippen LogP contribution in [0.25, 0.3) is 11.4 Å². The molecule has 1 N–H and O–H groups in total. The number of aromatic nitrogens is 2. The molecule has 0 spiro atoms. The number of alkyl carbamates (subject to hydrolysis) is 1. The third-order valence-corrected chi connectivity index (χ3v) is 3.96. The molecule has 3 aromatic rings. The van der Waals surface area contributed by atoms with E-state index in [1.807, 2.05) is 44.2 Å². The van der Waals surface area contributed by atoms with Crippen molar-refractivity contribution >= 4 is 6.09 Å². The Bertz CT molecular complexity index is 879. The molecule has 0 radical (unpaired) electrons. The van der Waals surface area contributed by atoms with Gasteiger partial charge in [0.25, 0.3) is 0 Å². The minimum absolute atomic E-state index is 0.00390. The number of hydrogen-bond donors (Lipinski definition) is 1. The number of amides is 1. The molecular formula is C20H20FN3O3. The van der Waals surface area contributed by atoms with Crippen LogP contribution in [-0.2, 0) is 11.3 Å². The second-order valence-corrected chi connectivity index (χ2v) is 6.39. The van der Waals surface area contributed by atoms with E-state index in [9.17, 15) is 9.18 Å². The zero-order valence-corrected chi connectivity index (χ0v) is 15.1. The quantitative estimate of drug-likeness (QED) is 0.692. The van der Waals surface area contributed by atoms with E-state index in [1.54, 1.807) is 12.1 Å². The van der Waals surface area contributed by atoms with E-state index in [1.165, 1.54) is 12.1 Å². The number of nitrogens with zero attached hydrogens (tertiary/aromatic N) is 2. The molecule has 7 heteroatoms. The lowest BCUT2D eigenvalue weighted by molar-refractivity contribution is 0.129. The third-order valence-electron chi connectivity index (χ3n) is 3.96. The van der Waals surface area contributed by atoms with Crippen LogP contribution in [0.3, 0.4) is 0 Å².